The van der Waals surface area contributed by atoms with Crippen molar-refractivity contribution in [1.29, 1.82) is 0 Å². The summed E-state index contributed by atoms with van der Waals surface area (Å²) in [4.78, 5) is 23.8. The summed E-state index contributed by atoms with van der Waals surface area (Å²) in [5.74, 6) is 0.907. The van der Waals surface area contributed by atoms with Crippen LogP contribution in [0.1, 0.15) is 11.1 Å². The fourth-order valence-corrected chi connectivity index (χ4v) is 2.74. The van der Waals surface area contributed by atoms with E-state index in [0.717, 1.165) is 17.0 Å². The van der Waals surface area contributed by atoms with Crippen molar-refractivity contribution in [2.75, 3.05) is 29.2 Å². The number of thioether (sulfide) groups is 1. The Bertz CT molecular complexity index is 745. The smallest absolute Gasteiger partial charge is 0.234 e. The molecule has 2 rings (SSSR count). The third kappa shape index (κ3) is 6.15. The minimum Gasteiger partial charge on any atom is -0.497 e. The van der Waals surface area contributed by atoms with Crippen LogP contribution >= 0.6 is 11.8 Å². The number of hydrogen-bond acceptors (Lipinski definition) is 4. The molecule has 5 nitrogen and oxygen atoms in total. The van der Waals surface area contributed by atoms with E-state index in [9.17, 15) is 9.59 Å². The minimum atomic E-state index is -0.144. The topological polar surface area (TPSA) is 67.4 Å². The average Bonchev–Trinajstić information content (AvgIpc) is 2.59. The minimum absolute atomic E-state index is 0.120. The number of nitrogens with one attached hydrogen (secondary N) is 2. The third-order valence-corrected chi connectivity index (χ3v) is 4.56. The maximum atomic E-state index is 11.9. The number of ether oxygens (including phenoxy) is 1. The molecular formula is C19H22N2O3S. The predicted molar refractivity (Wildman–Crippen MR) is 103 cm³/mol. The molecule has 0 aromatic heterocycles. The molecule has 25 heavy (non-hydrogen) atoms. The van der Waals surface area contributed by atoms with Gasteiger partial charge in [-0.2, -0.15) is 0 Å². The molecule has 6 heteroatoms. The first-order chi connectivity index (χ1) is 12.0. The van der Waals surface area contributed by atoms with Crippen molar-refractivity contribution in [2.24, 2.45) is 0 Å². The number of benzene rings is 2. The molecule has 0 fully saturated rings. The highest BCUT2D eigenvalue weighted by Crippen LogP contribution is 2.16. The zero-order valence-corrected chi connectivity index (χ0v) is 15.4. The maximum absolute atomic E-state index is 11.9. The molecule has 0 heterocycles. The van der Waals surface area contributed by atoms with Gasteiger partial charge in [0, 0.05) is 11.4 Å². The lowest BCUT2D eigenvalue weighted by Gasteiger charge is -2.08. The second kappa shape index (κ2) is 9.13. The molecule has 0 spiro atoms. The summed E-state index contributed by atoms with van der Waals surface area (Å²) in [5.41, 5.74) is 3.79. The van der Waals surface area contributed by atoms with Gasteiger partial charge in [0.15, 0.2) is 0 Å². The van der Waals surface area contributed by atoms with Gasteiger partial charge in [-0.15, -0.1) is 11.8 Å². The van der Waals surface area contributed by atoms with Gasteiger partial charge >= 0.3 is 0 Å². The lowest BCUT2D eigenvalue weighted by Crippen LogP contribution is -2.18. The number of methoxy groups -OCH3 is 1. The summed E-state index contributed by atoms with van der Waals surface area (Å²) in [7, 11) is 1.59. The number of anilines is 2. The van der Waals surface area contributed by atoms with Crippen molar-refractivity contribution in [3.63, 3.8) is 0 Å². The summed E-state index contributed by atoms with van der Waals surface area (Å²) < 4.78 is 5.07. The average molecular weight is 358 g/mol. The van der Waals surface area contributed by atoms with Crippen LogP contribution < -0.4 is 15.4 Å². The molecule has 2 aromatic carbocycles. The fourth-order valence-electron chi connectivity index (χ4n) is 2.12. The van der Waals surface area contributed by atoms with E-state index in [1.807, 2.05) is 32.0 Å². The Morgan fingerprint density at radius 3 is 2.00 bits per heavy atom. The first-order valence-electron chi connectivity index (χ1n) is 7.86. The first-order valence-corrected chi connectivity index (χ1v) is 9.02. The van der Waals surface area contributed by atoms with Gasteiger partial charge in [-0.25, -0.2) is 0 Å². The van der Waals surface area contributed by atoms with E-state index in [4.69, 9.17) is 4.74 Å². The summed E-state index contributed by atoms with van der Waals surface area (Å²) >= 11 is 1.27. The van der Waals surface area contributed by atoms with E-state index < -0.39 is 0 Å². The zero-order valence-electron chi connectivity index (χ0n) is 14.6. The summed E-state index contributed by atoms with van der Waals surface area (Å²) in [6, 6.07) is 12.9. The molecule has 0 radical (unpaired) electrons. The molecule has 0 bridgehead atoms. The molecule has 2 aromatic rings. The van der Waals surface area contributed by atoms with E-state index in [1.54, 1.807) is 31.4 Å². The summed E-state index contributed by atoms with van der Waals surface area (Å²) in [6.45, 7) is 4.03. The third-order valence-electron chi connectivity index (χ3n) is 3.63. The molecule has 132 valence electrons. The first kappa shape index (κ1) is 18.9. The maximum Gasteiger partial charge on any atom is 0.234 e. The van der Waals surface area contributed by atoms with Crippen LogP contribution in [-0.2, 0) is 9.59 Å². The molecule has 0 aliphatic heterocycles. The quantitative estimate of drug-likeness (QED) is 0.793. The standard InChI is InChI=1S/C19H22N2O3S/c1-13-4-5-16(10-14(13)2)21-19(23)12-25-11-18(22)20-15-6-8-17(24-3)9-7-15/h4-10H,11-12H2,1-3H3,(H,20,22)(H,21,23). The number of aryl methyl sites for hydroxylation is 2. The summed E-state index contributed by atoms with van der Waals surface area (Å²) in [5, 5.41) is 5.62. The highest BCUT2D eigenvalue weighted by molar-refractivity contribution is 8.00. The van der Waals surface area contributed by atoms with Crippen LogP contribution in [-0.4, -0.2) is 30.4 Å². The van der Waals surface area contributed by atoms with E-state index in [2.05, 4.69) is 10.6 Å². The lowest BCUT2D eigenvalue weighted by atomic mass is 10.1. The van der Waals surface area contributed by atoms with E-state index in [0.29, 0.717) is 5.69 Å². The van der Waals surface area contributed by atoms with Gasteiger partial charge < -0.3 is 15.4 Å². The van der Waals surface area contributed by atoms with Crippen LogP contribution in [0.25, 0.3) is 0 Å². The molecule has 2 N–H and O–H groups in total. The number of carbonyl (C=O) groups is 2. The van der Waals surface area contributed by atoms with Gasteiger partial charge in [-0.05, 0) is 61.4 Å². The van der Waals surface area contributed by atoms with Crippen molar-refractivity contribution in [3.05, 3.63) is 53.6 Å². The second-order valence-electron chi connectivity index (χ2n) is 5.62. The van der Waals surface area contributed by atoms with Crippen LogP contribution in [0.2, 0.25) is 0 Å². The Kier molecular flexibility index (Phi) is 6.89. The Morgan fingerprint density at radius 1 is 0.880 bits per heavy atom. The Morgan fingerprint density at radius 2 is 1.44 bits per heavy atom. The normalized spacial score (nSPS) is 10.2. The van der Waals surface area contributed by atoms with Gasteiger partial charge in [0.1, 0.15) is 5.75 Å². The van der Waals surface area contributed by atoms with Crippen LogP contribution in [0, 0.1) is 13.8 Å². The molecule has 2 amide bonds. The van der Waals surface area contributed by atoms with Crippen molar-refractivity contribution >= 4 is 35.0 Å². The van der Waals surface area contributed by atoms with Crippen LogP contribution in [0.5, 0.6) is 5.75 Å². The van der Waals surface area contributed by atoms with Crippen molar-refractivity contribution < 1.29 is 14.3 Å². The largest absolute Gasteiger partial charge is 0.497 e. The van der Waals surface area contributed by atoms with Gasteiger partial charge in [0.05, 0.1) is 18.6 Å². The fraction of sp³-hybridized carbons (Fsp3) is 0.263. The Balaban J connectivity index is 1.72. The molecule has 0 aliphatic rings. The van der Waals surface area contributed by atoms with Crippen molar-refractivity contribution in [3.8, 4) is 5.75 Å². The van der Waals surface area contributed by atoms with Gasteiger partial charge in [0.25, 0.3) is 0 Å². The van der Waals surface area contributed by atoms with Crippen LogP contribution in [0.4, 0.5) is 11.4 Å². The number of hydrogen-bond donors (Lipinski definition) is 2. The van der Waals surface area contributed by atoms with E-state index in [-0.39, 0.29) is 23.3 Å². The van der Waals surface area contributed by atoms with Gasteiger partial charge in [0.2, 0.25) is 11.8 Å². The Labute approximate surface area is 152 Å². The highest BCUT2D eigenvalue weighted by Gasteiger charge is 2.07. The number of rotatable bonds is 7. The number of amides is 2. The summed E-state index contributed by atoms with van der Waals surface area (Å²) in [6.07, 6.45) is 0. The van der Waals surface area contributed by atoms with Crippen LogP contribution in [0.3, 0.4) is 0 Å². The molecular weight excluding hydrogens is 336 g/mol. The zero-order chi connectivity index (χ0) is 18.2. The van der Waals surface area contributed by atoms with Crippen molar-refractivity contribution in [1.82, 2.24) is 0 Å². The van der Waals surface area contributed by atoms with Crippen molar-refractivity contribution in [2.45, 2.75) is 13.8 Å². The lowest BCUT2D eigenvalue weighted by molar-refractivity contribution is -0.114. The molecule has 0 saturated heterocycles. The molecule has 0 aliphatic carbocycles. The van der Waals surface area contributed by atoms with E-state index >= 15 is 0 Å². The molecule has 0 atom stereocenters. The molecule has 0 saturated carbocycles. The van der Waals surface area contributed by atoms with E-state index in [1.165, 1.54) is 17.3 Å². The van der Waals surface area contributed by atoms with Gasteiger partial charge in [-0.1, -0.05) is 6.07 Å². The SMILES string of the molecule is COc1ccc(NC(=O)CSCC(=O)Nc2ccc(C)c(C)c2)cc1. The monoisotopic (exact) mass is 358 g/mol. The second-order valence-corrected chi connectivity index (χ2v) is 6.60. The predicted octanol–water partition coefficient (Wildman–Crippen LogP) is 3.62. The highest BCUT2D eigenvalue weighted by atomic mass is 32.2. The number of carbonyl (C=O) groups excluding carboxylic acids is 2. The van der Waals surface area contributed by atoms with Gasteiger partial charge in [-0.3, -0.25) is 9.59 Å². The van der Waals surface area contributed by atoms with Crippen LogP contribution in [0.15, 0.2) is 42.5 Å². The molecule has 0 unspecified atom stereocenters. The Hall–Kier alpha value is -2.47.